The Labute approximate surface area is 304 Å². The Balaban J connectivity index is 0.942. The van der Waals surface area contributed by atoms with E-state index in [1.165, 1.54) is 0 Å². The molecule has 53 heavy (non-hydrogen) atoms. The standard InChI is InChI=1S/C39H42N10O4/c1-40-29-20-28(44-49-33(21-41-36(29)49)38(52)42-24-10-11-24)27-22-47(30-8-4-3-7-26(27)30)25-15-18-46(19-16-25)17-14-23-6-5-9-31-35(23)45(2)39(53)48(31)32-12-13-34(50)43-37(32)51/h3-9,20-22,24-25,32,40H,10-19H2,1-2H3,(H,42,52)(H,43,50,51). The number of para-hydroxylation sites is 2. The zero-order valence-corrected chi connectivity index (χ0v) is 29.8. The number of aryl methyl sites for hydroxylation is 1. The number of carbonyl (C=O) groups is 3. The topological polar surface area (TPSA) is 153 Å². The predicted octanol–water partition coefficient (Wildman–Crippen LogP) is 3.80. The number of rotatable bonds is 9. The summed E-state index contributed by atoms with van der Waals surface area (Å²) >= 11 is 0. The van der Waals surface area contributed by atoms with Gasteiger partial charge >= 0.3 is 5.69 Å². The third kappa shape index (κ3) is 5.77. The van der Waals surface area contributed by atoms with Gasteiger partial charge in [-0.25, -0.2) is 14.3 Å². The number of fused-ring (bicyclic) bond motifs is 3. The number of carbonyl (C=O) groups excluding carboxylic acids is 3. The first-order valence-electron chi connectivity index (χ1n) is 18.5. The van der Waals surface area contributed by atoms with Crippen molar-refractivity contribution in [1.29, 1.82) is 0 Å². The highest BCUT2D eigenvalue weighted by Gasteiger charge is 2.32. The number of imidazole rings is 2. The summed E-state index contributed by atoms with van der Waals surface area (Å²) in [5, 5.41) is 14.8. The maximum atomic E-state index is 13.4. The Morgan fingerprint density at radius 3 is 2.55 bits per heavy atom. The fourth-order valence-corrected chi connectivity index (χ4v) is 8.29. The highest BCUT2D eigenvalue weighted by Crippen LogP contribution is 2.36. The van der Waals surface area contributed by atoms with Crippen LogP contribution in [0.25, 0.3) is 38.8 Å². The molecule has 1 aliphatic carbocycles. The Kier molecular flexibility index (Phi) is 8.13. The maximum Gasteiger partial charge on any atom is 0.329 e. The van der Waals surface area contributed by atoms with E-state index in [-0.39, 0.29) is 30.0 Å². The third-order valence-electron chi connectivity index (χ3n) is 11.3. The van der Waals surface area contributed by atoms with Crippen LogP contribution in [0.5, 0.6) is 0 Å². The van der Waals surface area contributed by atoms with Gasteiger partial charge in [0.1, 0.15) is 6.04 Å². The van der Waals surface area contributed by atoms with Crippen LogP contribution in [0.3, 0.4) is 0 Å². The molecule has 2 aliphatic heterocycles. The van der Waals surface area contributed by atoms with Crippen LogP contribution in [0.2, 0.25) is 0 Å². The molecule has 0 spiro atoms. The van der Waals surface area contributed by atoms with Crippen molar-refractivity contribution in [2.24, 2.45) is 7.05 Å². The van der Waals surface area contributed by atoms with E-state index in [1.54, 1.807) is 26.9 Å². The molecule has 6 heterocycles. The second-order valence-corrected chi connectivity index (χ2v) is 14.6. The first-order valence-corrected chi connectivity index (χ1v) is 18.5. The SMILES string of the molecule is CNc1cc(-c2cn(C3CCN(CCc4cccc5c4n(C)c(=O)n5C4CCC(=O)NC4=O)CC3)c3ccccc23)nn2c(C(=O)NC3CC3)cnc12. The number of aromatic nitrogens is 6. The number of hydrogen-bond donors (Lipinski definition) is 3. The van der Waals surface area contributed by atoms with Gasteiger partial charge in [0.15, 0.2) is 11.3 Å². The van der Waals surface area contributed by atoms with Crippen LogP contribution in [0.1, 0.15) is 66.7 Å². The van der Waals surface area contributed by atoms with Gasteiger partial charge in [0, 0.05) is 74.9 Å². The Bertz CT molecular complexity index is 2490. The van der Waals surface area contributed by atoms with Gasteiger partial charge in [-0.15, -0.1) is 0 Å². The van der Waals surface area contributed by atoms with Crippen molar-refractivity contribution in [2.45, 2.75) is 63.1 Å². The number of amides is 3. The second kappa shape index (κ2) is 13.0. The van der Waals surface area contributed by atoms with E-state index >= 15 is 0 Å². The number of anilines is 1. The molecule has 3 fully saturated rings. The first-order chi connectivity index (χ1) is 25.8. The Morgan fingerprint density at radius 1 is 0.981 bits per heavy atom. The molecule has 14 heteroatoms. The van der Waals surface area contributed by atoms with Crippen molar-refractivity contribution >= 4 is 51.0 Å². The minimum Gasteiger partial charge on any atom is -0.385 e. The molecule has 0 bridgehead atoms. The van der Waals surface area contributed by atoms with Gasteiger partial charge in [-0.05, 0) is 62.3 Å². The van der Waals surface area contributed by atoms with Gasteiger partial charge in [0.2, 0.25) is 11.8 Å². The van der Waals surface area contributed by atoms with E-state index < -0.39 is 11.9 Å². The number of nitrogens with zero attached hydrogens (tertiary/aromatic N) is 7. The minimum absolute atomic E-state index is 0.160. The maximum absolute atomic E-state index is 13.4. The smallest absolute Gasteiger partial charge is 0.329 e. The highest BCUT2D eigenvalue weighted by atomic mass is 16.2. The Morgan fingerprint density at radius 2 is 1.77 bits per heavy atom. The van der Waals surface area contributed by atoms with Crippen molar-refractivity contribution in [3.63, 3.8) is 0 Å². The van der Waals surface area contributed by atoms with Crippen LogP contribution < -0.4 is 21.6 Å². The van der Waals surface area contributed by atoms with Crippen LogP contribution in [0.4, 0.5) is 5.69 Å². The van der Waals surface area contributed by atoms with Crippen molar-refractivity contribution in [3.05, 3.63) is 82.7 Å². The van der Waals surface area contributed by atoms with Crippen LogP contribution in [0.15, 0.2) is 65.7 Å². The van der Waals surface area contributed by atoms with E-state index in [1.807, 2.05) is 25.2 Å². The van der Waals surface area contributed by atoms with Gasteiger partial charge in [-0.1, -0.05) is 30.3 Å². The molecule has 0 radical (unpaired) electrons. The second-order valence-electron chi connectivity index (χ2n) is 14.6. The molecule has 9 rings (SSSR count). The van der Waals surface area contributed by atoms with Gasteiger partial charge in [0.25, 0.3) is 5.91 Å². The first kappa shape index (κ1) is 33.1. The van der Waals surface area contributed by atoms with Crippen LogP contribution >= 0.6 is 0 Å². The van der Waals surface area contributed by atoms with Crippen molar-refractivity contribution in [2.75, 3.05) is 32.0 Å². The summed E-state index contributed by atoms with van der Waals surface area (Å²) in [7, 11) is 3.61. The lowest BCUT2D eigenvalue weighted by atomic mass is 10.0. The van der Waals surface area contributed by atoms with E-state index in [0.717, 1.165) is 96.2 Å². The molecule has 272 valence electrons. The quantitative estimate of drug-likeness (QED) is 0.192. The molecule has 6 aromatic rings. The van der Waals surface area contributed by atoms with Crippen molar-refractivity contribution in [3.8, 4) is 11.3 Å². The zero-order chi connectivity index (χ0) is 36.4. The number of imide groups is 1. The van der Waals surface area contributed by atoms with Gasteiger partial charge in [-0.2, -0.15) is 5.10 Å². The summed E-state index contributed by atoms with van der Waals surface area (Å²) in [4.78, 5) is 58.0. The number of nitrogens with one attached hydrogen (secondary N) is 3. The minimum atomic E-state index is -0.700. The summed E-state index contributed by atoms with van der Waals surface area (Å²) in [6.45, 7) is 2.71. The normalized spacial score (nSPS) is 18.6. The number of piperidine rings is 2. The van der Waals surface area contributed by atoms with Crippen molar-refractivity contribution in [1.82, 2.24) is 43.8 Å². The Hall–Kier alpha value is -5.76. The largest absolute Gasteiger partial charge is 0.385 e. The number of benzene rings is 2. The molecular formula is C39H42N10O4. The van der Waals surface area contributed by atoms with Crippen LogP contribution in [-0.4, -0.2) is 83.6 Å². The zero-order valence-electron chi connectivity index (χ0n) is 29.8. The highest BCUT2D eigenvalue weighted by molar-refractivity contribution is 6.00. The monoisotopic (exact) mass is 714 g/mol. The molecule has 2 aromatic carbocycles. The lowest BCUT2D eigenvalue weighted by Crippen LogP contribution is -2.44. The molecule has 3 N–H and O–H groups in total. The molecule has 14 nitrogen and oxygen atoms in total. The number of hydrogen-bond acceptors (Lipinski definition) is 8. The van der Waals surface area contributed by atoms with Gasteiger partial charge in [-0.3, -0.25) is 28.8 Å². The molecule has 1 unspecified atom stereocenters. The van der Waals surface area contributed by atoms with Gasteiger partial charge in [0.05, 0.1) is 28.6 Å². The fourth-order valence-electron chi connectivity index (χ4n) is 8.29. The average molecular weight is 715 g/mol. The number of likely N-dealkylation sites (tertiary alicyclic amines) is 1. The van der Waals surface area contributed by atoms with Crippen LogP contribution in [-0.2, 0) is 23.1 Å². The molecule has 1 saturated carbocycles. The summed E-state index contributed by atoms with van der Waals surface area (Å²) in [5.74, 6) is -0.883. The van der Waals surface area contributed by atoms with Crippen LogP contribution in [0, 0.1) is 0 Å². The molecular weight excluding hydrogens is 672 g/mol. The fraction of sp³-hybridized carbons (Fsp3) is 0.385. The molecule has 4 aromatic heterocycles. The van der Waals surface area contributed by atoms with E-state index in [4.69, 9.17) is 5.10 Å². The lowest BCUT2D eigenvalue weighted by molar-refractivity contribution is -0.135. The predicted molar refractivity (Wildman–Crippen MR) is 201 cm³/mol. The molecule has 2 saturated heterocycles. The summed E-state index contributed by atoms with van der Waals surface area (Å²) in [6, 6.07) is 16.2. The molecule has 3 aliphatic rings. The van der Waals surface area contributed by atoms with Gasteiger partial charge < -0.3 is 20.1 Å². The summed E-state index contributed by atoms with van der Waals surface area (Å²) in [5.41, 5.74) is 7.13. The van der Waals surface area contributed by atoms with E-state index in [9.17, 15) is 19.2 Å². The average Bonchev–Trinajstić information content (AvgIpc) is 3.64. The van der Waals surface area contributed by atoms with E-state index in [2.05, 4.69) is 66.9 Å². The lowest BCUT2D eigenvalue weighted by Gasteiger charge is -2.33. The summed E-state index contributed by atoms with van der Waals surface area (Å²) < 4.78 is 7.24. The molecule has 1 atom stereocenters. The summed E-state index contributed by atoms with van der Waals surface area (Å²) in [6.07, 6.45) is 9.07. The van der Waals surface area contributed by atoms with E-state index in [0.29, 0.717) is 23.8 Å². The van der Waals surface area contributed by atoms with Crippen molar-refractivity contribution < 1.29 is 14.4 Å². The third-order valence-corrected chi connectivity index (χ3v) is 11.3. The molecule has 3 amide bonds.